The van der Waals surface area contributed by atoms with Crippen molar-refractivity contribution in [2.75, 3.05) is 13.2 Å². The highest BCUT2D eigenvalue weighted by Gasteiger charge is 2.30. The quantitative estimate of drug-likeness (QED) is 0.745. The van der Waals surface area contributed by atoms with E-state index in [1.165, 1.54) is 6.08 Å². The van der Waals surface area contributed by atoms with Crippen LogP contribution < -0.4 is 0 Å². The molecule has 0 unspecified atom stereocenters. The summed E-state index contributed by atoms with van der Waals surface area (Å²) in [5, 5.41) is 1.02. The highest BCUT2D eigenvalue weighted by atomic mass is 32.2. The fourth-order valence-electron chi connectivity index (χ4n) is 1.93. The maximum atomic E-state index is 12.0. The number of carbonyl (C=O) groups excluding carboxylic acids is 1. The van der Waals surface area contributed by atoms with E-state index in [0.717, 1.165) is 18.2 Å². The summed E-state index contributed by atoms with van der Waals surface area (Å²) in [5.74, 6) is 0. The van der Waals surface area contributed by atoms with Gasteiger partial charge in [0.25, 0.3) is 10.1 Å². The molecule has 0 aromatic rings. The third-order valence-corrected chi connectivity index (χ3v) is 3.73. The van der Waals surface area contributed by atoms with Gasteiger partial charge in [-0.1, -0.05) is 0 Å². The lowest BCUT2D eigenvalue weighted by atomic mass is 10.2. The van der Waals surface area contributed by atoms with Gasteiger partial charge in [-0.15, -0.1) is 0 Å². The molecule has 0 aromatic carbocycles. The maximum Gasteiger partial charge on any atom is 0.410 e. The molecule has 1 aliphatic heterocycles. The van der Waals surface area contributed by atoms with Crippen LogP contribution in [0.15, 0.2) is 11.5 Å². The molecule has 0 aliphatic carbocycles. The highest BCUT2D eigenvalue weighted by molar-refractivity contribution is 7.89. The first kappa shape index (κ1) is 17.0. The van der Waals surface area contributed by atoms with Crippen molar-refractivity contribution in [2.45, 2.75) is 52.2 Å². The molecule has 1 amide bonds. The Balaban J connectivity index is 2.71. The summed E-state index contributed by atoms with van der Waals surface area (Å²) in [4.78, 5) is 13.6. The fraction of sp³-hybridized carbons (Fsp3) is 0.769. The van der Waals surface area contributed by atoms with Crippen molar-refractivity contribution in [2.24, 2.45) is 0 Å². The molecule has 1 atom stereocenters. The number of ether oxygens (including phenoxy) is 1. The standard InChI is InChI=1S/C13H23NO5S/c1-5-18-20(16,17)10-8-11-7-6-9-14(11)12(15)19-13(2,3)4/h8,10-11H,5-7,9H2,1-4H3/b10-8+/t11-/m1/s1. The summed E-state index contributed by atoms with van der Waals surface area (Å²) in [6, 6.07) is -0.264. The summed E-state index contributed by atoms with van der Waals surface area (Å²) in [6.45, 7) is 7.65. The van der Waals surface area contributed by atoms with E-state index in [4.69, 9.17) is 4.74 Å². The molecule has 0 saturated carbocycles. The summed E-state index contributed by atoms with van der Waals surface area (Å²) >= 11 is 0. The number of hydrogen-bond acceptors (Lipinski definition) is 5. The molecule has 1 rings (SSSR count). The van der Waals surface area contributed by atoms with Gasteiger partial charge in [-0.05, 0) is 46.6 Å². The smallest absolute Gasteiger partial charge is 0.410 e. The highest BCUT2D eigenvalue weighted by Crippen LogP contribution is 2.22. The Kier molecular flexibility index (Phi) is 5.59. The first-order chi connectivity index (χ1) is 9.14. The summed E-state index contributed by atoms with van der Waals surface area (Å²) < 4.78 is 32.8. The zero-order valence-electron chi connectivity index (χ0n) is 12.5. The van der Waals surface area contributed by atoms with Gasteiger partial charge in [-0.2, -0.15) is 8.42 Å². The van der Waals surface area contributed by atoms with Crippen LogP contribution in [-0.4, -0.2) is 44.2 Å². The summed E-state index contributed by atoms with van der Waals surface area (Å²) in [7, 11) is -3.66. The van der Waals surface area contributed by atoms with E-state index in [1.54, 1.807) is 32.6 Å². The van der Waals surface area contributed by atoms with Crippen LogP contribution in [0.2, 0.25) is 0 Å². The second-order valence-electron chi connectivity index (χ2n) is 5.61. The Morgan fingerprint density at radius 3 is 2.60 bits per heavy atom. The zero-order chi connectivity index (χ0) is 15.4. The molecule has 1 fully saturated rings. The molecule has 6 nitrogen and oxygen atoms in total. The monoisotopic (exact) mass is 305 g/mol. The minimum absolute atomic E-state index is 0.0904. The van der Waals surface area contributed by atoms with Crippen LogP contribution >= 0.6 is 0 Å². The molecule has 1 heterocycles. The van der Waals surface area contributed by atoms with E-state index in [1.807, 2.05) is 0 Å². The van der Waals surface area contributed by atoms with Crippen LogP contribution in [0.1, 0.15) is 40.5 Å². The number of amides is 1. The minimum Gasteiger partial charge on any atom is -0.444 e. The molecule has 7 heteroatoms. The maximum absolute atomic E-state index is 12.0. The van der Waals surface area contributed by atoms with Crippen molar-refractivity contribution in [3.05, 3.63) is 11.5 Å². The van der Waals surface area contributed by atoms with Crippen molar-refractivity contribution in [3.8, 4) is 0 Å². The van der Waals surface area contributed by atoms with E-state index < -0.39 is 21.8 Å². The van der Waals surface area contributed by atoms with E-state index in [9.17, 15) is 13.2 Å². The Morgan fingerprint density at radius 1 is 1.40 bits per heavy atom. The molecule has 0 N–H and O–H groups in total. The Morgan fingerprint density at radius 2 is 2.05 bits per heavy atom. The SMILES string of the molecule is CCOS(=O)(=O)/C=C/[C@H]1CCCN1C(=O)OC(C)(C)C. The first-order valence-electron chi connectivity index (χ1n) is 6.72. The lowest BCUT2D eigenvalue weighted by Crippen LogP contribution is -2.39. The Bertz CT molecular complexity index is 464. The predicted molar refractivity (Wildman–Crippen MR) is 75.6 cm³/mol. The topological polar surface area (TPSA) is 72.9 Å². The van der Waals surface area contributed by atoms with Gasteiger partial charge in [-0.25, -0.2) is 4.79 Å². The van der Waals surface area contributed by atoms with Crippen LogP contribution in [-0.2, 0) is 19.0 Å². The molecular formula is C13H23NO5S. The van der Waals surface area contributed by atoms with Gasteiger partial charge in [0.05, 0.1) is 18.1 Å². The number of hydrogen-bond donors (Lipinski definition) is 0. The Labute approximate surface area is 120 Å². The Hall–Kier alpha value is -1.08. The van der Waals surface area contributed by atoms with Crippen LogP contribution in [0.4, 0.5) is 4.79 Å². The zero-order valence-corrected chi connectivity index (χ0v) is 13.3. The van der Waals surface area contributed by atoms with Crippen molar-refractivity contribution >= 4 is 16.2 Å². The van der Waals surface area contributed by atoms with Crippen LogP contribution in [0, 0.1) is 0 Å². The number of rotatable bonds is 4. The molecule has 1 saturated heterocycles. The van der Waals surface area contributed by atoms with Crippen molar-refractivity contribution in [1.82, 2.24) is 4.90 Å². The van der Waals surface area contributed by atoms with E-state index >= 15 is 0 Å². The molecule has 0 radical (unpaired) electrons. The van der Waals surface area contributed by atoms with Crippen molar-refractivity contribution < 1.29 is 22.1 Å². The van der Waals surface area contributed by atoms with Gasteiger partial charge in [0, 0.05) is 6.54 Å². The van der Waals surface area contributed by atoms with Gasteiger partial charge in [0.2, 0.25) is 0 Å². The van der Waals surface area contributed by atoms with Gasteiger partial charge >= 0.3 is 6.09 Å². The molecule has 1 aliphatic rings. The molecule has 116 valence electrons. The second kappa shape index (κ2) is 6.58. The normalized spacial score (nSPS) is 20.6. The molecule has 20 heavy (non-hydrogen) atoms. The van der Waals surface area contributed by atoms with Crippen molar-refractivity contribution in [1.29, 1.82) is 0 Å². The molecule has 0 bridgehead atoms. The second-order valence-corrected chi connectivity index (χ2v) is 7.10. The molecule has 0 spiro atoms. The van der Waals surface area contributed by atoms with E-state index in [2.05, 4.69) is 4.18 Å². The summed E-state index contributed by atoms with van der Waals surface area (Å²) in [5.41, 5.74) is -0.564. The van der Waals surface area contributed by atoms with Gasteiger partial charge < -0.3 is 9.64 Å². The largest absolute Gasteiger partial charge is 0.444 e. The van der Waals surface area contributed by atoms with E-state index in [-0.39, 0.29) is 12.6 Å². The number of likely N-dealkylation sites (tertiary alicyclic amines) is 1. The van der Waals surface area contributed by atoms with Crippen LogP contribution in [0.3, 0.4) is 0 Å². The minimum atomic E-state index is -3.66. The summed E-state index contributed by atoms with van der Waals surface area (Å²) in [6.07, 6.45) is 2.61. The van der Waals surface area contributed by atoms with Crippen LogP contribution in [0.25, 0.3) is 0 Å². The first-order valence-corrected chi connectivity index (χ1v) is 8.19. The van der Waals surface area contributed by atoms with Gasteiger partial charge in [0.15, 0.2) is 0 Å². The molecule has 0 aromatic heterocycles. The predicted octanol–water partition coefficient (Wildman–Crippen LogP) is 2.27. The third kappa shape index (κ3) is 5.50. The van der Waals surface area contributed by atoms with Gasteiger partial charge in [-0.3, -0.25) is 4.18 Å². The van der Waals surface area contributed by atoms with E-state index in [0.29, 0.717) is 6.54 Å². The van der Waals surface area contributed by atoms with Crippen LogP contribution in [0.5, 0.6) is 0 Å². The molecular weight excluding hydrogens is 282 g/mol. The fourth-order valence-corrected chi connectivity index (χ4v) is 2.71. The lowest BCUT2D eigenvalue weighted by Gasteiger charge is -2.27. The number of nitrogens with zero attached hydrogens (tertiary/aromatic N) is 1. The average Bonchev–Trinajstić information content (AvgIpc) is 2.72. The van der Waals surface area contributed by atoms with Gasteiger partial charge in [0.1, 0.15) is 5.60 Å². The third-order valence-electron chi connectivity index (χ3n) is 2.68. The van der Waals surface area contributed by atoms with Crippen molar-refractivity contribution in [3.63, 3.8) is 0 Å². The average molecular weight is 305 g/mol. The lowest BCUT2D eigenvalue weighted by molar-refractivity contribution is 0.0256. The number of carbonyl (C=O) groups is 1.